The Morgan fingerprint density at radius 3 is 2.93 bits per heavy atom. The van der Waals surface area contributed by atoms with E-state index < -0.39 is 0 Å². The quantitative estimate of drug-likeness (QED) is 0.684. The van der Waals surface area contributed by atoms with Gasteiger partial charge in [0.25, 0.3) is 0 Å². The van der Waals surface area contributed by atoms with Crippen molar-refractivity contribution in [2.75, 3.05) is 19.6 Å². The Bertz CT molecular complexity index is 197. The summed E-state index contributed by atoms with van der Waals surface area (Å²) in [5.41, 5.74) is 0. The van der Waals surface area contributed by atoms with Gasteiger partial charge in [0.05, 0.1) is 6.04 Å². The number of nitrogens with zero attached hydrogens (tertiary/aromatic N) is 1. The van der Waals surface area contributed by atoms with E-state index in [1.165, 1.54) is 6.42 Å². The highest BCUT2D eigenvalue weighted by molar-refractivity contribution is 5.82. The molecule has 0 saturated carbocycles. The molecule has 3 nitrogen and oxygen atoms in total. The largest absolute Gasteiger partial charge is 0.338 e. The molecule has 0 aromatic rings. The molecule has 0 bridgehead atoms. The van der Waals surface area contributed by atoms with Crippen LogP contribution in [-0.2, 0) is 4.79 Å². The van der Waals surface area contributed by atoms with Gasteiger partial charge in [-0.3, -0.25) is 4.79 Å². The van der Waals surface area contributed by atoms with Gasteiger partial charge in [0.2, 0.25) is 5.91 Å². The van der Waals surface area contributed by atoms with Gasteiger partial charge in [-0.25, -0.2) is 0 Å². The van der Waals surface area contributed by atoms with E-state index in [-0.39, 0.29) is 11.9 Å². The maximum absolute atomic E-state index is 11.9. The van der Waals surface area contributed by atoms with Crippen LogP contribution in [0.4, 0.5) is 0 Å². The molecule has 1 amide bonds. The Morgan fingerprint density at radius 1 is 1.64 bits per heavy atom. The summed E-state index contributed by atoms with van der Waals surface area (Å²) in [5.74, 6) is 0.229. The Hall–Kier alpha value is -0.830. The van der Waals surface area contributed by atoms with Crippen LogP contribution in [0.3, 0.4) is 0 Å². The maximum Gasteiger partial charge on any atom is 0.239 e. The molecule has 1 heterocycles. The van der Waals surface area contributed by atoms with E-state index in [1.807, 2.05) is 11.8 Å². The fourth-order valence-electron chi connectivity index (χ4n) is 1.81. The summed E-state index contributed by atoms with van der Waals surface area (Å²) in [6.45, 7) is 8.07. The monoisotopic (exact) mass is 196 g/mol. The lowest BCUT2D eigenvalue weighted by atomic mass is 10.0. The topological polar surface area (TPSA) is 32.3 Å². The highest BCUT2D eigenvalue weighted by Gasteiger charge is 2.23. The third-order valence-corrected chi connectivity index (χ3v) is 2.65. The number of piperidine rings is 1. The average molecular weight is 196 g/mol. The lowest BCUT2D eigenvalue weighted by molar-refractivity contribution is -0.133. The molecule has 1 saturated heterocycles. The minimum Gasteiger partial charge on any atom is -0.338 e. The molecule has 14 heavy (non-hydrogen) atoms. The summed E-state index contributed by atoms with van der Waals surface area (Å²) in [7, 11) is 0. The van der Waals surface area contributed by atoms with Gasteiger partial charge >= 0.3 is 0 Å². The van der Waals surface area contributed by atoms with E-state index in [0.29, 0.717) is 6.54 Å². The van der Waals surface area contributed by atoms with Crippen LogP contribution in [0.15, 0.2) is 12.7 Å². The molecule has 3 heteroatoms. The van der Waals surface area contributed by atoms with Crippen molar-refractivity contribution < 1.29 is 4.79 Å². The summed E-state index contributed by atoms with van der Waals surface area (Å²) >= 11 is 0. The molecular weight excluding hydrogens is 176 g/mol. The fraction of sp³-hybridized carbons (Fsp3) is 0.727. The normalized spacial score (nSPS) is 21.6. The minimum absolute atomic E-state index is 0.0450. The van der Waals surface area contributed by atoms with Gasteiger partial charge < -0.3 is 10.2 Å². The predicted octanol–water partition coefficient (Wildman–Crippen LogP) is 1.16. The maximum atomic E-state index is 11.9. The summed E-state index contributed by atoms with van der Waals surface area (Å²) in [6.07, 6.45) is 5.11. The minimum atomic E-state index is 0.0450. The van der Waals surface area contributed by atoms with Crippen molar-refractivity contribution in [3.8, 4) is 0 Å². The van der Waals surface area contributed by atoms with Crippen molar-refractivity contribution >= 4 is 5.91 Å². The third kappa shape index (κ3) is 2.84. The molecule has 0 aromatic carbocycles. The molecule has 0 aliphatic carbocycles. The Morgan fingerprint density at radius 2 is 2.43 bits per heavy atom. The first-order chi connectivity index (χ1) is 6.79. The van der Waals surface area contributed by atoms with Crippen molar-refractivity contribution in [2.45, 2.75) is 32.2 Å². The molecule has 0 unspecified atom stereocenters. The second kappa shape index (κ2) is 5.81. The van der Waals surface area contributed by atoms with Crippen molar-refractivity contribution in [1.29, 1.82) is 0 Å². The Labute approximate surface area is 86.2 Å². The van der Waals surface area contributed by atoms with E-state index in [1.54, 1.807) is 6.08 Å². The van der Waals surface area contributed by atoms with E-state index >= 15 is 0 Å². The standard InChI is InChI=1S/C11H20N2O/c1-3-9-13(4-2)11(14)10-7-5-6-8-12-10/h3,10,12H,1,4-9H2,2H3/t10-/m1/s1. The summed E-state index contributed by atoms with van der Waals surface area (Å²) in [5, 5.41) is 3.27. The first-order valence-corrected chi connectivity index (χ1v) is 5.42. The van der Waals surface area contributed by atoms with Gasteiger partial charge in [-0.05, 0) is 26.3 Å². The molecule has 80 valence electrons. The number of hydrogen-bond donors (Lipinski definition) is 1. The number of hydrogen-bond acceptors (Lipinski definition) is 2. The first kappa shape index (κ1) is 11.2. The number of amides is 1. The smallest absolute Gasteiger partial charge is 0.239 e. The van der Waals surface area contributed by atoms with Gasteiger partial charge in [-0.15, -0.1) is 6.58 Å². The van der Waals surface area contributed by atoms with Crippen LogP contribution in [0.1, 0.15) is 26.2 Å². The summed E-state index contributed by atoms with van der Waals surface area (Å²) < 4.78 is 0. The number of carbonyl (C=O) groups excluding carboxylic acids is 1. The van der Waals surface area contributed by atoms with Crippen molar-refractivity contribution in [2.24, 2.45) is 0 Å². The van der Waals surface area contributed by atoms with Gasteiger partial charge in [-0.2, -0.15) is 0 Å². The highest BCUT2D eigenvalue weighted by atomic mass is 16.2. The number of rotatable bonds is 4. The molecule has 1 atom stereocenters. The molecule has 0 spiro atoms. The second-order valence-electron chi connectivity index (χ2n) is 3.67. The van der Waals surface area contributed by atoms with E-state index in [2.05, 4.69) is 11.9 Å². The zero-order valence-corrected chi connectivity index (χ0v) is 8.96. The average Bonchev–Trinajstić information content (AvgIpc) is 2.26. The van der Waals surface area contributed by atoms with Crippen LogP contribution in [0.5, 0.6) is 0 Å². The molecule has 1 fully saturated rings. The van der Waals surface area contributed by atoms with Crippen LogP contribution >= 0.6 is 0 Å². The van der Waals surface area contributed by atoms with Gasteiger partial charge in [-0.1, -0.05) is 12.5 Å². The Balaban J connectivity index is 2.47. The van der Waals surface area contributed by atoms with Crippen molar-refractivity contribution in [1.82, 2.24) is 10.2 Å². The van der Waals surface area contributed by atoms with Gasteiger partial charge in [0.15, 0.2) is 0 Å². The molecule has 0 aromatic heterocycles. The molecular formula is C11H20N2O. The predicted molar refractivity (Wildman–Crippen MR) is 58.1 cm³/mol. The van der Waals surface area contributed by atoms with Crippen LogP contribution in [0.2, 0.25) is 0 Å². The van der Waals surface area contributed by atoms with E-state index in [0.717, 1.165) is 25.9 Å². The van der Waals surface area contributed by atoms with Crippen LogP contribution in [-0.4, -0.2) is 36.5 Å². The molecule has 0 radical (unpaired) electrons. The number of carbonyl (C=O) groups is 1. The second-order valence-corrected chi connectivity index (χ2v) is 3.67. The zero-order valence-electron chi connectivity index (χ0n) is 8.96. The molecule has 1 aliphatic heterocycles. The van der Waals surface area contributed by atoms with Gasteiger partial charge in [0.1, 0.15) is 0 Å². The molecule has 1 N–H and O–H groups in total. The third-order valence-electron chi connectivity index (χ3n) is 2.65. The summed E-state index contributed by atoms with van der Waals surface area (Å²) in [6, 6.07) is 0.0450. The van der Waals surface area contributed by atoms with Gasteiger partial charge in [0, 0.05) is 13.1 Å². The SMILES string of the molecule is C=CCN(CC)C(=O)[C@H]1CCCCN1. The highest BCUT2D eigenvalue weighted by Crippen LogP contribution is 2.09. The zero-order chi connectivity index (χ0) is 10.4. The number of likely N-dealkylation sites (N-methyl/N-ethyl adjacent to an activating group) is 1. The van der Waals surface area contributed by atoms with Crippen LogP contribution in [0.25, 0.3) is 0 Å². The first-order valence-electron chi connectivity index (χ1n) is 5.42. The molecule has 1 aliphatic rings. The number of nitrogens with one attached hydrogen (secondary N) is 1. The Kier molecular flexibility index (Phi) is 4.66. The van der Waals surface area contributed by atoms with Crippen molar-refractivity contribution in [3.63, 3.8) is 0 Å². The van der Waals surface area contributed by atoms with E-state index in [9.17, 15) is 4.79 Å². The lowest BCUT2D eigenvalue weighted by Gasteiger charge is -2.28. The van der Waals surface area contributed by atoms with Crippen LogP contribution in [0, 0.1) is 0 Å². The summed E-state index contributed by atoms with van der Waals surface area (Å²) in [4.78, 5) is 13.8. The van der Waals surface area contributed by atoms with Crippen LogP contribution < -0.4 is 5.32 Å². The lowest BCUT2D eigenvalue weighted by Crippen LogP contribution is -2.48. The molecule has 1 rings (SSSR count). The van der Waals surface area contributed by atoms with E-state index in [4.69, 9.17) is 0 Å². The fourth-order valence-corrected chi connectivity index (χ4v) is 1.81. The van der Waals surface area contributed by atoms with Crippen molar-refractivity contribution in [3.05, 3.63) is 12.7 Å².